The van der Waals surface area contributed by atoms with Crippen molar-refractivity contribution in [2.45, 2.75) is 23.0 Å². The molecule has 10 heteroatoms. The third kappa shape index (κ3) is 4.70. The summed E-state index contributed by atoms with van der Waals surface area (Å²) in [5.41, 5.74) is 1.27. The van der Waals surface area contributed by atoms with Crippen molar-refractivity contribution in [3.05, 3.63) is 47.5 Å². The maximum Gasteiger partial charge on any atom is 0.180 e. The Kier molecular flexibility index (Phi) is 6.48. The standard InChI is InChI=1S/C21H18ClFIN5O2/c1-30-18-9-17-14(8-19(18)31-13-4-5-29(10-25)20(24)7-13)21(27-11-26-17)28-12-2-3-16(23)15(22)6-12/h2-3,6,8-9,11,13,20H,4-5,7H2,1H3,(H,26,27,28). The minimum atomic E-state index is -0.490. The first-order valence-corrected chi connectivity index (χ1v) is 11.1. The predicted octanol–water partition coefficient (Wildman–Crippen LogP) is 5.26. The molecule has 1 aliphatic heterocycles. The molecule has 1 aliphatic rings. The Labute approximate surface area is 197 Å². The first-order valence-electron chi connectivity index (χ1n) is 9.50. The summed E-state index contributed by atoms with van der Waals surface area (Å²) in [5, 5.41) is 13.1. The van der Waals surface area contributed by atoms with E-state index in [9.17, 15) is 9.65 Å². The third-order valence-electron chi connectivity index (χ3n) is 5.01. The van der Waals surface area contributed by atoms with Crippen LogP contribution < -0.4 is 14.8 Å². The van der Waals surface area contributed by atoms with E-state index in [1.165, 1.54) is 18.5 Å². The number of benzene rings is 2. The van der Waals surface area contributed by atoms with Crippen molar-refractivity contribution in [2.24, 2.45) is 0 Å². The van der Waals surface area contributed by atoms with Crippen molar-refractivity contribution in [1.29, 1.82) is 5.26 Å². The highest BCUT2D eigenvalue weighted by atomic mass is 127. The van der Waals surface area contributed by atoms with Gasteiger partial charge in [-0.2, -0.15) is 5.26 Å². The Bertz CT molecular complexity index is 1160. The van der Waals surface area contributed by atoms with Gasteiger partial charge in [0.05, 0.1) is 21.7 Å². The Hall–Kier alpha value is -2.58. The van der Waals surface area contributed by atoms with Gasteiger partial charge in [-0.3, -0.25) is 4.90 Å². The summed E-state index contributed by atoms with van der Waals surface area (Å²) in [4.78, 5) is 10.4. The quantitative estimate of drug-likeness (QED) is 0.200. The number of rotatable bonds is 5. The molecule has 31 heavy (non-hydrogen) atoms. The van der Waals surface area contributed by atoms with E-state index in [2.05, 4.69) is 44.1 Å². The second kappa shape index (κ2) is 9.28. The van der Waals surface area contributed by atoms with Crippen LogP contribution >= 0.6 is 34.2 Å². The molecule has 2 heterocycles. The van der Waals surface area contributed by atoms with Crippen LogP contribution in [0, 0.1) is 17.3 Å². The number of halogens is 3. The number of aromatic nitrogens is 2. The van der Waals surface area contributed by atoms with E-state index in [4.69, 9.17) is 21.1 Å². The van der Waals surface area contributed by atoms with Crippen molar-refractivity contribution in [3.63, 3.8) is 0 Å². The molecule has 1 N–H and O–H groups in total. The highest BCUT2D eigenvalue weighted by Gasteiger charge is 2.28. The minimum Gasteiger partial charge on any atom is -0.493 e. The molecule has 2 unspecified atom stereocenters. The van der Waals surface area contributed by atoms with Gasteiger partial charge in [0.1, 0.15) is 24.1 Å². The van der Waals surface area contributed by atoms with Crippen LogP contribution in [0.2, 0.25) is 5.02 Å². The van der Waals surface area contributed by atoms with Gasteiger partial charge in [-0.1, -0.05) is 34.2 Å². The molecular formula is C21H18ClFIN5O2. The van der Waals surface area contributed by atoms with Crippen molar-refractivity contribution < 1.29 is 13.9 Å². The van der Waals surface area contributed by atoms with Crippen LogP contribution in [0.4, 0.5) is 15.9 Å². The topological polar surface area (TPSA) is 83.3 Å². The Morgan fingerprint density at radius 3 is 2.84 bits per heavy atom. The van der Waals surface area contributed by atoms with Crippen molar-refractivity contribution >= 4 is 56.6 Å². The van der Waals surface area contributed by atoms with Crippen molar-refractivity contribution in [3.8, 4) is 17.7 Å². The second-order valence-corrected chi connectivity index (χ2v) is 8.83. The van der Waals surface area contributed by atoms with E-state index in [1.807, 2.05) is 6.07 Å². The van der Waals surface area contributed by atoms with E-state index in [0.29, 0.717) is 35.1 Å². The molecule has 0 aliphatic carbocycles. The van der Waals surface area contributed by atoms with Gasteiger partial charge in [-0.05, 0) is 24.3 Å². The van der Waals surface area contributed by atoms with Gasteiger partial charge in [-0.25, -0.2) is 14.4 Å². The molecule has 4 rings (SSSR count). The monoisotopic (exact) mass is 553 g/mol. The van der Waals surface area contributed by atoms with Gasteiger partial charge in [0, 0.05) is 36.5 Å². The fraction of sp³-hybridized carbons (Fsp3) is 0.286. The number of methoxy groups -OCH3 is 1. The molecule has 1 aromatic heterocycles. The molecule has 0 saturated carbocycles. The van der Waals surface area contributed by atoms with Crippen molar-refractivity contribution in [2.75, 3.05) is 19.0 Å². The zero-order valence-electron chi connectivity index (χ0n) is 16.5. The number of nitrogens with one attached hydrogen (secondary N) is 1. The zero-order valence-corrected chi connectivity index (χ0v) is 19.4. The van der Waals surface area contributed by atoms with E-state index in [0.717, 1.165) is 18.2 Å². The molecule has 160 valence electrons. The minimum absolute atomic E-state index is 0.0196. The first-order chi connectivity index (χ1) is 15.0. The lowest BCUT2D eigenvalue weighted by molar-refractivity contribution is 0.117. The average Bonchev–Trinajstić information content (AvgIpc) is 2.76. The van der Waals surface area contributed by atoms with Gasteiger partial charge in [0.25, 0.3) is 0 Å². The number of nitrogens with zero attached hydrogens (tertiary/aromatic N) is 4. The van der Waals surface area contributed by atoms with E-state index < -0.39 is 5.82 Å². The third-order valence-corrected chi connectivity index (χ3v) is 6.48. The largest absolute Gasteiger partial charge is 0.493 e. The molecule has 0 bridgehead atoms. The average molecular weight is 554 g/mol. The lowest BCUT2D eigenvalue weighted by Gasteiger charge is -2.33. The number of hydrogen-bond acceptors (Lipinski definition) is 7. The molecule has 0 radical (unpaired) electrons. The van der Waals surface area contributed by atoms with Crippen molar-refractivity contribution in [1.82, 2.24) is 14.9 Å². The van der Waals surface area contributed by atoms with Crippen LogP contribution in [-0.2, 0) is 0 Å². The van der Waals surface area contributed by atoms with Crippen LogP contribution in [0.5, 0.6) is 11.5 Å². The van der Waals surface area contributed by atoms with Gasteiger partial charge < -0.3 is 14.8 Å². The molecule has 1 saturated heterocycles. The molecule has 0 spiro atoms. The number of likely N-dealkylation sites (tertiary alicyclic amines) is 1. The summed E-state index contributed by atoms with van der Waals surface area (Å²) in [5.74, 6) is 1.18. The Morgan fingerprint density at radius 2 is 2.13 bits per heavy atom. The van der Waals surface area contributed by atoms with Gasteiger partial charge in [-0.15, -0.1) is 0 Å². The van der Waals surface area contributed by atoms with Crippen LogP contribution in [0.3, 0.4) is 0 Å². The number of fused-ring (bicyclic) bond motifs is 1. The SMILES string of the molecule is COc1cc2ncnc(Nc3ccc(F)c(Cl)c3)c2cc1OC1CCN(C#N)C(I)C1. The van der Waals surface area contributed by atoms with Gasteiger partial charge in [0.15, 0.2) is 17.7 Å². The number of anilines is 2. The molecule has 1 fully saturated rings. The van der Waals surface area contributed by atoms with Gasteiger partial charge >= 0.3 is 0 Å². The fourth-order valence-corrected chi connectivity index (χ4v) is 4.56. The highest BCUT2D eigenvalue weighted by Crippen LogP contribution is 2.37. The zero-order chi connectivity index (χ0) is 22.0. The molecule has 2 aromatic carbocycles. The second-order valence-electron chi connectivity index (χ2n) is 6.99. The number of alkyl halides is 1. The number of piperidine rings is 1. The van der Waals surface area contributed by atoms with Crippen LogP contribution in [0.25, 0.3) is 10.9 Å². The fourth-order valence-electron chi connectivity index (χ4n) is 3.41. The molecule has 2 atom stereocenters. The van der Waals surface area contributed by atoms with Crippen LogP contribution in [-0.4, -0.2) is 38.7 Å². The number of nitriles is 1. The summed E-state index contributed by atoms with van der Waals surface area (Å²) in [6.07, 6.45) is 5.06. The summed E-state index contributed by atoms with van der Waals surface area (Å²) < 4.78 is 25.4. The van der Waals surface area contributed by atoms with Crippen LogP contribution in [0.1, 0.15) is 12.8 Å². The van der Waals surface area contributed by atoms with E-state index in [-0.39, 0.29) is 15.2 Å². The normalized spacial score (nSPS) is 18.5. The maximum absolute atomic E-state index is 13.5. The summed E-state index contributed by atoms with van der Waals surface area (Å²) in [6.45, 7) is 0.645. The molecular weight excluding hydrogens is 536 g/mol. The lowest BCUT2D eigenvalue weighted by atomic mass is 10.1. The number of ether oxygens (including phenoxy) is 2. The highest BCUT2D eigenvalue weighted by molar-refractivity contribution is 14.1. The maximum atomic E-state index is 13.5. The smallest absolute Gasteiger partial charge is 0.180 e. The number of hydrogen-bond donors (Lipinski definition) is 1. The first kappa shape index (κ1) is 21.6. The summed E-state index contributed by atoms with van der Waals surface area (Å²) in [7, 11) is 1.58. The lowest BCUT2D eigenvalue weighted by Crippen LogP contribution is -2.40. The Balaban J connectivity index is 1.65. The summed E-state index contributed by atoms with van der Waals surface area (Å²) in [6, 6.07) is 8.00. The van der Waals surface area contributed by atoms with Gasteiger partial charge in [0.2, 0.25) is 0 Å². The van der Waals surface area contributed by atoms with E-state index in [1.54, 1.807) is 24.1 Å². The molecule has 3 aromatic rings. The predicted molar refractivity (Wildman–Crippen MR) is 125 cm³/mol. The molecule has 0 amide bonds. The van der Waals surface area contributed by atoms with Crippen LogP contribution in [0.15, 0.2) is 36.7 Å². The Morgan fingerprint density at radius 1 is 1.29 bits per heavy atom. The molecule has 7 nitrogen and oxygen atoms in total. The summed E-state index contributed by atoms with van der Waals surface area (Å²) >= 11 is 8.15. The van der Waals surface area contributed by atoms with E-state index >= 15 is 0 Å².